The summed E-state index contributed by atoms with van der Waals surface area (Å²) in [6, 6.07) is 2.24. The lowest BCUT2D eigenvalue weighted by molar-refractivity contribution is 0.418. The van der Waals surface area contributed by atoms with Crippen LogP contribution >= 0.6 is 0 Å². The van der Waals surface area contributed by atoms with E-state index in [-0.39, 0.29) is 0 Å². The molecule has 17 heavy (non-hydrogen) atoms. The molecule has 0 atom stereocenters. The zero-order chi connectivity index (χ0) is 12.5. The largest absolute Gasteiger partial charge is 0.356 e. The Kier molecular flexibility index (Phi) is 3.38. The van der Waals surface area contributed by atoms with Crippen LogP contribution in [-0.2, 0) is 6.54 Å². The van der Waals surface area contributed by atoms with Crippen molar-refractivity contribution in [1.29, 1.82) is 0 Å². The van der Waals surface area contributed by atoms with Crippen molar-refractivity contribution < 1.29 is 0 Å². The van der Waals surface area contributed by atoms with E-state index in [1.54, 1.807) is 0 Å². The van der Waals surface area contributed by atoms with Crippen LogP contribution in [0.5, 0.6) is 0 Å². The van der Waals surface area contributed by atoms with Crippen LogP contribution in [0.25, 0.3) is 0 Å². The van der Waals surface area contributed by atoms with Crippen LogP contribution in [0, 0.1) is 12.3 Å². The number of pyridine rings is 1. The number of hydrogen-bond donors (Lipinski definition) is 1. The minimum Gasteiger partial charge on any atom is -0.356 e. The van der Waals surface area contributed by atoms with Crippen molar-refractivity contribution in [2.24, 2.45) is 5.41 Å². The molecule has 0 aromatic carbocycles. The normalized spacial score (nSPS) is 18.7. The summed E-state index contributed by atoms with van der Waals surface area (Å²) in [7, 11) is 1.96. The van der Waals surface area contributed by atoms with Crippen LogP contribution in [0.15, 0.2) is 12.3 Å². The fraction of sp³-hybridized carbons (Fsp3) is 0.643. The molecule has 0 radical (unpaired) electrons. The van der Waals surface area contributed by atoms with Crippen molar-refractivity contribution in [3.8, 4) is 0 Å². The van der Waals surface area contributed by atoms with E-state index in [1.807, 2.05) is 13.2 Å². The summed E-state index contributed by atoms with van der Waals surface area (Å²) < 4.78 is 0. The lowest BCUT2D eigenvalue weighted by atomic mass is 9.93. The summed E-state index contributed by atoms with van der Waals surface area (Å²) in [6.07, 6.45) is 3.25. The highest BCUT2D eigenvalue weighted by Crippen LogP contribution is 2.32. The standard InChI is InChI=1S/C14H23N3/c1-11-7-12(8-15-4)9-16-13(11)17-6-5-14(2,3)10-17/h7,9,15H,5-6,8,10H2,1-4H3. The molecule has 3 nitrogen and oxygen atoms in total. The summed E-state index contributed by atoms with van der Waals surface area (Å²) in [5.41, 5.74) is 2.97. The molecule has 2 rings (SSSR count). The van der Waals surface area contributed by atoms with Gasteiger partial charge in [0, 0.05) is 25.8 Å². The number of aryl methyl sites for hydroxylation is 1. The van der Waals surface area contributed by atoms with Crippen LogP contribution < -0.4 is 10.2 Å². The number of anilines is 1. The highest BCUT2D eigenvalue weighted by atomic mass is 15.2. The van der Waals surface area contributed by atoms with E-state index in [0.717, 1.165) is 25.5 Å². The van der Waals surface area contributed by atoms with Crippen LogP contribution in [0.2, 0.25) is 0 Å². The van der Waals surface area contributed by atoms with Gasteiger partial charge in [0.05, 0.1) is 0 Å². The second kappa shape index (κ2) is 4.65. The fourth-order valence-corrected chi connectivity index (χ4v) is 2.55. The molecular formula is C14H23N3. The summed E-state index contributed by atoms with van der Waals surface area (Å²) in [6.45, 7) is 9.96. The molecule has 3 heteroatoms. The van der Waals surface area contributed by atoms with Gasteiger partial charge in [0.2, 0.25) is 0 Å². The minimum atomic E-state index is 0.428. The predicted octanol–water partition coefficient (Wildman–Crippen LogP) is 2.35. The molecular weight excluding hydrogens is 210 g/mol. The van der Waals surface area contributed by atoms with Gasteiger partial charge in [-0.1, -0.05) is 13.8 Å². The first kappa shape index (κ1) is 12.4. The Balaban J connectivity index is 2.17. The van der Waals surface area contributed by atoms with Gasteiger partial charge >= 0.3 is 0 Å². The van der Waals surface area contributed by atoms with Gasteiger partial charge in [-0.25, -0.2) is 4.98 Å². The molecule has 0 aliphatic carbocycles. The van der Waals surface area contributed by atoms with Gasteiger partial charge in [-0.15, -0.1) is 0 Å². The number of hydrogen-bond acceptors (Lipinski definition) is 3. The van der Waals surface area contributed by atoms with Crippen molar-refractivity contribution in [2.45, 2.75) is 33.7 Å². The first-order chi connectivity index (χ1) is 8.02. The highest BCUT2D eigenvalue weighted by molar-refractivity contribution is 5.48. The third-order valence-corrected chi connectivity index (χ3v) is 3.47. The molecule has 1 aliphatic rings. The fourth-order valence-electron chi connectivity index (χ4n) is 2.55. The third-order valence-electron chi connectivity index (χ3n) is 3.47. The molecule has 0 amide bonds. The third kappa shape index (κ3) is 2.78. The molecule has 1 aromatic heterocycles. The maximum absolute atomic E-state index is 4.63. The first-order valence-electron chi connectivity index (χ1n) is 6.37. The van der Waals surface area contributed by atoms with Gasteiger partial charge < -0.3 is 10.2 Å². The molecule has 1 saturated heterocycles. The van der Waals surface area contributed by atoms with Gasteiger partial charge in [0.25, 0.3) is 0 Å². The Morgan fingerprint density at radius 1 is 1.47 bits per heavy atom. The maximum atomic E-state index is 4.63. The second-order valence-electron chi connectivity index (χ2n) is 5.85. The van der Waals surface area contributed by atoms with Crippen molar-refractivity contribution in [3.63, 3.8) is 0 Å². The topological polar surface area (TPSA) is 28.2 Å². The van der Waals surface area contributed by atoms with Crippen LogP contribution in [0.1, 0.15) is 31.4 Å². The monoisotopic (exact) mass is 233 g/mol. The quantitative estimate of drug-likeness (QED) is 0.868. The molecule has 0 bridgehead atoms. The van der Waals surface area contributed by atoms with Crippen molar-refractivity contribution in [1.82, 2.24) is 10.3 Å². The molecule has 0 unspecified atom stereocenters. The number of aromatic nitrogens is 1. The SMILES string of the molecule is CNCc1cnc(N2CCC(C)(C)C2)c(C)c1. The average molecular weight is 233 g/mol. The molecule has 1 aromatic rings. The molecule has 1 N–H and O–H groups in total. The molecule has 1 fully saturated rings. The summed E-state index contributed by atoms with van der Waals surface area (Å²) >= 11 is 0. The van der Waals surface area contributed by atoms with Crippen molar-refractivity contribution in [2.75, 3.05) is 25.0 Å². The number of nitrogens with zero attached hydrogens (tertiary/aromatic N) is 2. The van der Waals surface area contributed by atoms with Gasteiger partial charge in [0.1, 0.15) is 5.82 Å². The predicted molar refractivity (Wildman–Crippen MR) is 72.3 cm³/mol. The maximum Gasteiger partial charge on any atom is 0.131 e. The molecule has 0 spiro atoms. The smallest absolute Gasteiger partial charge is 0.131 e. The average Bonchev–Trinajstić information content (AvgIpc) is 2.59. The minimum absolute atomic E-state index is 0.428. The Labute approximate surface area is 104 Å². The van der Waals surface area contributed by atoms with E-state index < -0.39 is 0 Å². The van der Waals surface area contributed by atoms with Gasteiger partial charge in [-0.3, -0.25) is 0 Å². The van der Waals surface area contributed by atoms with Crippen molar-refractivity contribution in [3.05, 3.63) is 23.4 Å². The zero-order valence-electron chi connectivity index (χ0n) is 11.4. The van der Waals surface area contributed by atoms with Gasteiger partial charge in [-0.05, 0) is 43.0 Å². The summed E-state index contributed by atoms with van der Waals surface area (Å²) in [5, 5.41) is 3.16. The zero-order valence-corrected chi connectivity index (χ0v) is 11.4. The summed E-state index contributed by atoms with van der Waals surface area (Å²) in [4.78, 5) is 7.05. The lowest BCUT2D eigenvalue weighted by Gasteiger charge is -2.22. The van der Waals surface area contributed by atoms with Crippen LogP contribution in [0.4, 0.5) is 5.82 Å². The van der Waals surface area contributed by atoms with E-state index in [9.17, 15) is 0 Å². The van der Waals surface area contributed by atoms with E-state index in [4.69, 9.17) is 0 Å². The van der Waals surface area contributed by atoms with Crippen LogP contribution in [-0.4, -0.2) is 25.1 Å². The van der Waals surface area contributed by atoms with E-state index in [2.05, 4.69) is 42.0 Å². The molecule has 0 saturated carbocycles. The molecule has 1 aliphatic heterocycles. The highest BCUT2D eigenvalue weighted by Gasteiger charge is 2.30. The van der Waals surface area contributed by atoms with Gasteiger partial charge in [-0.2, -0.15) is 0 Å². The van der Waals surface area contributed by atoms with Crippen LogP contribution in [0.3, 0.4) is 0 Å². The lowest BCUT2D eigenvalue weighted by Crippen LogP contribution is -2.24. The first-order valence-corrected chi connectivity index (χ1v) is 6.37. The van der Waals surface area contributed by atoms with Gasteiger partial charge in [0.15, 0.2) is 0 Å². The van der Waals surface area contributed by atoms with Crippen molar-refractivity contribution >= 4 is 5.82 Å². The number of nitrogens with one attached hydrogen (secondary N) is 1. The second-order valence-corrected chi connectivity index (χ2v) is 5.85. The van der Waals surface area contributed by atoms with E-state index in [1.165, 1.54) is 17.5 Å². The Morgan fingerprint density at radius 3 is 2.76 bits per heavy atom. The Hall–Kier alpha value is -1.09. The Bertz CT molecular complexity index is 398. The summed E-state index contributed by atoms with van der Waals surface area (Å²) in [5.74, 6) is 1.16. The van der Waals surface area contributed by atoms with E-state index in [0.29, 0.717) is 5.41 Å². The van der Waals surface area contributed by atoms with E-state index >= 15 is 0 Å². The molecule has 94 valence electrons. The number of rotatable bonds is 3. The Morgan fingerprint density at radius 2 is 2.24 bits per heavy atom. The molecule has 2 heterocycles.